The molecule has 2 aromatic rings. The molecule has 1 aromatic carbocycles. The molecule has 28 heavy (non-hydrogen) atoms. The molecule has 4 rings (SSSR count). The Hall–Kier alpha value is -2.13. The molecule has 1 aromatic heterocycles. The molecule has 150 valence electrons. The number of fused-ring (bicyclic) bond motifs is 2. The van der Waals surface area contributed by atoms with Crippen molar-refractivity contribution in [2.24, 2.45) is 0 Å². The second-order valence-corrected chi connectivity index (χ2v) is 9.59. The van der Waals surface area contributed by atoms with Gasteiger partial charge in [-0.1, -0.05) is 6.07 Å². The fourth-order valence-electron chi connectivity index (χ4n) is 4.30. The molecule has 0 radical (unpaired) electrons. The summed E-state index contributed by atoms with van der Waals surface area (Å²) < 4.78 is 55.7. The van der Waals surface area contributed by atoms with Crippen LogP contribution in [-0.2, 0) is 21.9 Å². The van der Waals surface area contributed by atoms with E-state index in [9.17, 15) is 17.2 Å². The average Bonchev–Trinajstić information content (AvgIpc) is 2.99. The topological polar surface area (TPSA) is 66.4 Å². The predicted molar refractivity (Wildman–Crippen MR) is 101 cm³/mol. The second-order valence-electron chi connectivity index (χ2n) is 7.71. The molecule has 2 aliphatic rings. The molecule has 1 aliphatic heterocycles. The van der Waals surface area contributed by atoms with Gasteiger partial charge in [-0.05, 0) is 43.4 Å². The van der Waals surface area contributed by atoms with E-state index >= 15 is 0 Å². The number of anilines is 1. The van der Waals surface area contributed by atoms with E-state index in [1.54, 1.807) is 11.1 Å². The summed E-state index contributed by atoms with van der Waals surface area (Å²) >= 11 is 0. The summed E-state index contributed by atoms with van der Waals surface area (Å²) in [6.07, 6.45) is 4.72. The molecule has 0 saturated carbocycles. The lowest BCUT2D eigenvalue weighted by molar-refractivity contribution is 0.218. The molecule has 1 aliphatic carbocycles. The van der Waals surface area contributed by atoms with E-state index in [4.69, 9.17) is 4.98 Å². The van der Waals surface area contributed by atoms with Crippen LogP contribution in [0.4, 0.5) is 14.7 Å². The molecule has 1 atom stereocenters. The Kier molecular flexibility index (Phi) is 4.62. The minimum atomic E-state index is -4.29. The van der Waals surface area contributed by atoms with Crippen LogP contribution in [0.15, 0.2) is 29.3 Å². The van der Waals surface area contributed by atoms with E-state index in [1.807, 2.05) is 14.1 Å². The SMILES string of the molecule is CN(C)c1ncc2c(n1)C1(CCCN(S(=O)(=O)c3c(F)cccc3F)C1)CC2. The van der Waals surface area contributed by atoms with E-state index in [0.29, 0.717) is 12.4 Å². The highest BCUT2D eigenvalue weighted by Crippen LogP contribution is 2.45. The molecule has 1 unspecified atom stereocenters. The van der Waals surface area contributed by atoms with Crippen molar-refractivity contribution < 1.29 is 17.2 Å². The van der Waals surface area contributed by atoms with Gasteiger partial charge < -0.3 is 4.90 Å². The van der Waals surface area contributed by atoms with Crippen LogP contribution >= 0.6 is 0 Å². The quantitative estimate of drug-likeness (QED) is 0.781. The zero-order chi connectivity index (χ0) is 20.1. The summed E-state index contributed by atoms with van der Waals surface area (Å²) in [4.78, 5) is 9.98. The van der Waals surface area contributed by atoms with Gasteiger partial charge in [0.1, 0.15) is 11.6 Å². The van der Waals surface area contributed by atoms with Crippen LogP contribution in [0, 0.1) is 11.6 Å². The molecule has 1 fully saturated rings. The molecular formula is C19H22F2N4O2S. The van der Waals surface area contributed by atoms with Gasteiger partial charge >= 0.3 is 0 Å². The summed E-state index contributed by atoms with van der Waals surface area (Å²) in [5.41, 5.74) is 1.43. The third kappa shape index (κ3) is 2.97. The summed E-state index contributed by atoms with van der Waals surface area (Å²) in [6.45, 7) is 0.402. The predicted octanol–water partition coefficient (Wildman–Crippen LogP) is 2.49. The first kappa shape index (κ1) is 19.2. The molecule has 0 bridgehead atoms. The Bertz CT molecular complexity index is 1000. The Balaban J connectivity index is 1.73. The van der Waals surface area contributed by atoms with Crippen LogP contribution in [0.2, 0.25) is 0 Å². The highest BCUT2D eigenvalue weighted by Gasteiger charge is 2.47. The summed E-state index contributed by atoms with van der Waals surface area (Å²) in [6, 6.07) is 3.10. The van der Waals surface area contributed by atoms with Gasteiger partial charge in [-0.3, -0.25) is 0 Å². The monoisotopic (exact) mass is 408 g/mol. The van der Waals surface area contributed by atoms with Gasteiger partial charge in [0.05, 0.1) is 5.69 Å². The van der Waals surface area contributed by atoms with Crippen molar-refractivity contribution in [1.29, 1.82) is 0 Å². The maximum absolute atomic E-state index is 14.2. The molecule has 0 N–H and O–H groups in total. The molecule has 9 heteroatoms. The number of nitrogens with zero attached hydrogens (tertiary/aromatic N) is 4. The van der Waals surface area contributed by atoms with Crippen LogP contribution in [0.5, 0.6) is 0 Å². The highest BCUT2D eigenvalue weighted by atomic mass is 32.2. The van der Waals surface area contributed by atoms with Crippen LogP contribution in [0.25, 0.3) is 0 Å². The van der Waals surface area contributed by atoms with Crippen molar-refractivity contribution in [3.05, 3.63) is 47.3 Å². The van der Waals surface area contributed by atoms with E-state index in [2.05, 4.69) is 4.98 Å². The third-order valence-electron chi connectivity index (χ3n) is 5.69. The molecule has 0 amide bonds. The Labute approximate surface area is 163 Å². The van der Waals surface area contributed by atoms with E-state index in [0.717, 1.165) is 48.7 Å². The first-order valence-electron chi connectivity index (χ1n) is 9.22. The van der Waals surface area contributed by atoms with Crippen LogP contribution in [0.3, 0.4) is 0 Å². The first-order chi connectivity index (χ1) is 13.2. The highest BCUT2D eigenvalue weighted by molar-refractivity contribution is 7.89. The number of hydrogen-bond donors (Lipinski definition) is 0. The van der Waals surface area contributed by atoms with Gasteiger partial charge in [0.15, 0.2) is 4.90 Å². The third-order valence-corrected chi connectivity index (χ3v) is 7.58. The fraction of sp³-hybridized carbons (Fsp3) is 0.474. The normalized spacial score (nSPS) is 22.4. The molecular weight excluding hydrogens is 386 g/mol. The zero-order valence-electron chi connectivity index (χ0n) is 15.8. The summed E-state index contributed by atoms with van der Waals surface area (Å²) in [5, 5.41) is 0. The number of hydrogen-bond acceptors (Lipinski definition) is 5. The van der Waals surface area contributed by atoms with Crippen LogP contribution in [-0.4, -0.2) is 49.9 Å². The van der Waals surface area contributed by atoms with Crippen molar-refractivity contribution in [2.75, 3.05) is 32.1 Å². The van der Waals surface area contributed by atoms with Crippen molar-refractivity contribution in [1.82, 2.24) is 14.3 Å². The van der Waals surface area contributed by atoms with Crippen molar-refractivity contribution >= 4 is 16.0 Å². The molecule has 1 saturated heterocycles. The number of rotatable bonds is 3. The second kappa shape index (κ2) is 6.73. The summed E-state index contributed by atoms with van der Waals surface area (Å²) in [5.74, 6) is -1.56. The van der Waals surface area contributed by atoms with Gasteiger partial charge in [0.2, 0.25) is 16.0 Å². The minimum absolute atomic E-state index is 0.167. The molecule has 2 heterocycles. The zero-order valence-corrected chi connectivity index (χ0v) is 16.6. The molecule has 6 nitrogen and oxygen atoms in total. The standard InChI is InChI=1S/C19H22F2N4O2S/c1-24(2)18-22-11-13-7-9-19(17(13)23-18)8-4-10-25(12-19)28(26,27)16-14(20)5-3-6-15(16)21/h3,5-6,11H,4,7-10,12H2,1-2H3. The number of halogens is 2. The van der Waals surface area contributed by atoms with Crippen molar-refractivity contribution in [3.8, 4) is 0 Å². The smallest absolute Gasteiger partial charge is 0.248 e. The van der Waals surface area contributed by atoms with Gasteiger partial charge in [-0.25, -0.2) is 27.2 Å². The van der Waals surface area contributed by atoms with E-state index in [-0.39, 0.29) is 13.1 Å². The van der Waals surface area contributed by atoms with Gasteiger partial charge in [0.25, 0.3) is 0 Å². The Morgan fingerprint density at radius 2 is 1.89 bits per heavy atom. The van der Waals surface area contributed by atoms with Gasteiger partial charge in [0, 0.05) is 38.8 Å². The molecule has 1 spiro atoms. The van der Waals surface area contributed by atoms with Gasteiger partial charge in [-0.15, -0.1) is 0 Å². The summed E-state index contributed by atoms with van der Waals surface area (Å²) in [7, 11) is -0.588. The number of sulfonamides is 1. The number of piperidine rings is 1. The number of aryl methyl sites for hydroxylation is 1. The van der Waals surface area contributed by atoms with Gasteiger partial charge in [-0.2, -0.15) is 4.31 Å². The van der Waals surface area contributed by atoms with Crippen LogP contribution in [0.1, 0.15) is 30.5 Å². The maximum Gasteiger partial charge on any atom is 0.248 e. The van der Waals surface area contributed by atoms with Crippen LogP contribution < -0.4 is 4.90 Å². The first-order valence-corrected chi connectivity index (χ1v) is 10.7. The lowest BCUT2D eigenvalue weighted by Crippen LogP contribution is -2.48. The minimum Gasteiger partial charge on any atom is -0.347 e. The van der Waals surface area contributed by atoms with Crippen molar-refractivity contribution in [3.63, 3.8) is 0 Å². The fourth-order valence-corrected chi connectivity index (χ4v) is 5.97. The van der Waals surface area contributed by atoms with E-state index < -0.39 is 32.0 Å². The number of benzene rings is 1. The largest absolute Gasteiger partial charge is 0.347 e. The van der Waals surface area contributed by atoms with E-state index in [1.165, 1.54) is 4.31 Å². The lowest BCUT2D eigenvalue weighted by atomic mass is 9.78. The number of aromatic nitrogens is 2. The maximum atomic E-state index is 14.2. The Morgan fingerprint density at radius 1 is 1.18 bits per heavy atom. The average molecular weight is 408 g/mol. The lowest BCUT2D eigenvalue weighted by Gasteiger charge is -2.39. The van der Waals surface area contributed by atoms with Crippen molar-refractivity contribution in [2.45, 2.75) is 36.0 Å². The Morgan fingerprint density at radius 3 is 2.57 bits per heavy atom.